The highest BCUT2D eigenvalue weighted by Gasteiger charge is 2.19. The largest absolute Gasteiger partial charge is 0.489 e. The standard InChI is InChI=1S/C18H19NO6/c1-2-7-24-16-9-13-6-4-3-5-12(13)8-14(16)11-25-18(23)19-15(10-20)17(21)22/h2-6,8-9,15,20H,1,7,10-11H2,(H,19,23)(H,21,22). The number of carbonyl (C=O) groups is 2. The molecule has 0 saturated carbocycles. The van der Waals surface area contributed by atoms with Crippen LogP contribution in [-0.4, -0.2) is 41.5 Å². The van der Waals surface area contributed by atoms with Gasteiger partial charge in [-0.1, -0.05) is 36.9 Å². The van der Waals surface area contributed by atoms with E-state index in [0.717, 1.165) is 10.8 Å². The predicted molar refractivity (Wildman–Crippen MR) is 91.5 cm³/mol. The van der Waals surface area contributed by atoms with Crippen LogP contribution in [0, 0.1) is 0 Å². The first kappa shape index (κ1) is 18.3. The number of aliphatic hydroxyl groups is 1. The number of aliphatic hydroxyl groups excluding tert-OH is 1. The zero-order valence-electron chi connectivity index (χ0n) is 13.5. The lowest BCUT2D eigenvalue weighted by Gasteiger charge is -2.14. The van der Waals surface area contributed by atoms with Crippen molar-refractivity contribution < 1.29 is 29.3 Å². The summed E-state index contributed by atoms with van der Waals surface area (Å²) in [4.78, 5) is 22.5. The normalized spacial score (nSPS) is 11.6. The summed E-state index contributed by atoms with van der Waals surface area (Å²) < 4.78 is 10.7. The van der Waals surface area contributed by atoms with Crippen molar-refractivity contribution >= 4 is 22.8 Å². The number of nitrogens with one attached hydrogen (secondary N) is 1. The van der Waals surface area contributed by atoms with Gasteiger partial charge in [0.1, 0.15) is 19.0 Å². The highest BCUT2D eigenvalue weighted by molar-refractivity contribution is 5.85. The fourth-order valence-electron chi connectivity index (χ4n) is 2.18. The molecule has 3 N–H and O–H groups in total. The topological polar surface area (TPSA) is 105 Å². The van der Waals surface area contributed by atoms with Crippen LogP contribution in [0.5, 0.6) is 5.75 Å². The number of carbonyl (C=O) groups excluding carboxylic acids is 1. The van der Waals surface area contributed by atoms with Crippen LogP contribution in [0.25, 0.3) is 10.8 Å². The molecule has 1 unspecified atom stereocenters. The second-order valence-electron chi connectivity index (χ2n) is 5.20. The molecular formula is C18H19NO6. The molecule has 0 saturated heterocycles. The molecule has 1 atom stereocenters. The number of ether oxygens (including phenoxy) is 2. The van der Waals surface area contributed by atoms with Crippen molar-refractivity contribution in [1.82, 2.24) is 5.32 Å². The Bertz CT molecular complexity index is 773. The molecule has 0 aliphatic rings. The molecule has 1 amide bonds. The van der Waals surface area contributed by atoms with Gasteiger partial charge in [-0.05, 0) is 22.9 Å². The van der Waals surface area contributed by atoms with Gasteiger partial charge in [0, 0.05) is 5.56 Å². The van der Waals surface area contributed by atoms with Crippen molar-refractivity contribution in [3.05, 3.63) is 54.6 Å². The Morgan fingerprint density at radius 2 is 1.92 bits per heavy atom. The number of carboxylic acids is 1. The smallest absolute Gasteiger partial charge is 0.408 e. The van der Waals surface area contributed by atoms with Crippen molar-refractivity contribution in [3.63, 3.8) is 0 Å². The Hall–Kier alpha value is -3.06. The Kier molecular flexibility index (Phi) is 6.36. The van der Waals surface area contributed by atoms with E-state index in [0.29, 0.717) is 17.9 Å². The minimum absolute atomic E-state index is 0.110. The molecule has 132 valence electrons. The zero-order valence-corrected chi connectivity index (χ0v) is 13.5. The fraction of sp³-hybridized carbons (Fsp3) is 0.222. The van der Waals surface area contributed by atoms with Crippen LogP contribution in [0.4, 0.5) is 4.79 Å². The second-order valence-corrected chi connectivity index (χ2v) is 5.20. The Labute approximate surface area is 144 Å². The number of fused-ring (bicyclic) bond motifs is 1. The van der Waals surface area contributed by atoms with Crippen LogP contribution in [0.2, 0.25) is 0 Å². The van der Waals surface area contributed by atoms with Crippen molar-refractivity contribution in [1.29, 1.82) is 0 Å². The molecule has 0 aliphatic heterocycles. The van der Waals surface area contributed by atoms with Crippen LogP contribution in [-0.2, 0) is 16.1 Å². The molecule has 7 heteroatoms. The molecule has 0 spiro atoms. The molecule has 2 aromatic carbocycles. The molecular weight excluding hydrogens is 326 g/mol. The van der Waals surface area contributed by atoms with Crippen LogP contribution in [0.3, 0.4) is 0 Å². The van der Waals surface area contributed by atoms with E-state index < -0.39 is 24.7 Å². The maximum Gasteiger partial charge on any atom is 0.408 e. The predicted octanol–water partition coefficient (Wildman–Crippen LogP) is 2.08. The average molecular weight is 345 g/mol. The van der Waals surface area contributed by atoms with E-state index in [1.54, 1.807) is 6.08 Å². The molecule has 0 bridgehead atoms. The van der Waals surface area contributed by atoms with Gasteiger partial charge in [-0.3, -0.25) is 0 Å². The molecule has 0 aliphatic carbocycles. The lowest BCUT2D eigenvalue weighted by atomic mass is 10.1. The molecule has 0 radical (unpaired) electrons. The van der Waals surface area contributed by atoms with Crippen molar-refractivity contribution in [2.75, 3.05) is 13.2 Å². The summed E-state index contributed by atoms with van der Waals surface area (Å²) in [5.74, 6) is -0.802. The lowest BCUT2D eigenvalue weighted by molar-refractivity contribution is -0.140. The first-order chi connectivity index (χ1) is 12.0. The first-order valence-electron chi connectivity index (χ1n) is 7.57. The highest BCUT2D eigenvalue weighted by atomic mass is 16.6. The monoisotopic (exact) mass is 345 g/mol. The number of rotatable bonds is 8. The van der Waals surface area contributed by atoms with Gasteiger partial charge in [-0.15, -0.1) is 0 Å². The molecule has 25 heavy (non-hydrogen) atoms. The summed E-state index contributed by atoms with van der Waals surface area (Å²) in [6.07, 6.45) is 0.662. The average Bonchev–Trinajstić information content (AvgIpc) is 2.61. The molecule has 0 fully saturated rings. The van der Waals surface area contributed by atoms with Gasteiger partial charge >= 0.3 is 12.1 Å². The summed E-state index contributed by atoms with van der Waals surface area (Å²) in [6, 6.07) is 9.91. The molecule has 0 heterocycles. The van der Waals surface area contributed by atoms with Crippen LogP contribution in [0.1, 0.15) is 5.56 Å². The second kappa shape index (κ2) is 8.70. The Morgan fingerprint density at radius 3 is 2.52 bits per heavy atom. The number of hydrogen-bond donors (Lipinski definition) is 3. The summed E-state index contributed by atoms with van der Waals surface area (Å²) in [5, 5.41) is 21.7. The van der Waals surface area contributed by atoms with Crippen LogP contribution < -0.4 is 10.1 Å². The van der Waals surface area contributed by atoms with Crippen molar-refractivity contribution in [3.8, 4) is 5.75 Å². The Balaban J connectivity index is 2.13. The van der Waals surface area contributed by atoms with Crippen LogP contribution >= 0.6 is 0 Å². The maximum atomic E-state index is 11.7. The molecule has 0 aromatic heterocycles. The number of benzene rings is 2. The number of aliphatic carboxylic acids is 1. The minimum atomic E-state index is -1.42. The third-order valence-corrected chi connectivity index (χ3v) is 3.42. The van der Waals surface area contributed by atoms with E-state index >= 15 is 0 Å². The highest BCUT2D eigenvalue weighted by Crippen LogP contribution is 2.27. The lowest BCUT2D eigenvalue weighted by Crippen LogP contribution is -2.43. The van der Waals surface area contributed by atoms with Gasteiger partial charge in [0.2, 0.25) is 0 Å². The van der Waals surface area contributed by atoms with E-state index in [1.807, 2.05) is 36.4 Å². The van der Waals surface area contributed by atoms with Gasteiger partial charge < -0.3 is 25.0 Å². The van der Waals surface area contributed by atoms with Gasteiger partial charge in [-0.25, -0.2) is 9.59 Å². The molecule has 2 aromatic rings. The van der Waals surface area contributed by atoms with E-state index in [-0.39, 0.29) is 6.61 Å². The fourth-order valence-corrected chi connectivity index (χ4v) is 2.18. The van der Waals surface area contributed by atoms with E-state index in [9.17, 15) is 9.59 Å². The van der Waals surface area contributed by atoms with E-state index in [2.05, 4.69) is 11.9 Å². The SMILES string of the molecule is C=CCOc1cc2ccccc2cc1COC(=O)NC(CO)C(=O)O. The van der Waals surface area contributed by atoms with Gasteiger partial charge in [0.05, 0.1) is 6.61 Å². The minimum Gasteiger partial charge on any atom is -0.489 e. The maximum absolute atomic E-state index is 11.7. The quantitative estimate of drug-likeness (QED) is 0.633. The number of alkyl carbamates (subject to hydrolysis) is 1. The van der Waals surface area contributed by atoms with Crippen molar-refractivity contribution in [2.24, 2.45) is 0 Å². The van der Waals surface area contributed by atoms with Crippen LogP contribution in [0.15, 0.2) is 49.1 Å². The molecule has 7 nitrogen and oxygen atoms in total. The van der Waals surface area contributed by atoms with E-state index in [4.69, 9.17) is 19.7 Å². The summed E-state index contributed by atoms with van der Waals surface area (Å²) >= 11 is 0. The molecule has 2 rings (SSSR count). The Morgan fingerprint density at radius 1 is 1.24 bits per heavy atom. The van der Waals surface area contributed by atoms with Gasteiger partial charge in [-0.2, -0.15) is 0 Å². The zero-order chi connectivity index (χ0) is 18.2. The third-order valence-electron chi connectivity index (χ3n) is 3.42. The first-order valence-corrected chi connectivity index (χ1v) is 7.57. The number of carboxylic acid groups (broad SMARTS) is 1. The number of hydrogen-bond acceptors (Lipinski definition) is 5. The summed E-state index contributed by atoms with van der Waals surface area (Å²) in [6.45, 7) is 3.06. The third kappa shape index (κ3) is 4.95. The van der Waals surface area contributed by atoms with E-state index in [1.165, 1.54) is 0 Å². The van der Waals surface area contributed by atoms with Gasteiger partial charge in [0.15, 0.2) is 6.04 Å². The summed E-state index contributed by atoms with van der Waals surface area (Å²) in [5.41, 5.74) is 0.631. The number of amides is 1. The van der Waals surface area contributed by atoms with Gasteiger partial charge in [0.25, 0.3) is 0 Å². The van der Waals surface area contributed by atoms with Crippen molar-refractivity contribution in [2.45, 2.75) is 12.6 Å². The summed E-state index contributed by atoms with van der Waals surface area (Å²) in [7, 11) is 0.